The lowest BCUT2D eigenvalue weighted by Crippen LogP contribution is -2.16. The van der Waals surface area contributed by atoms with Gasteiger partial charge in [-0.3, -0.25) is 18.2 Å². The zero-order valence-electron chi connectivity index (χ0n) is 41.5. The van der Waals surface area contributed by atoms with E-state index in [9.17, 15) is 18.3 Å². The average molecular weight is 978 g/mol. The second kappa shape index (κ2) is 40.4. The Morgan fingerprint density at radius 1 is 0.453 bits per heavy atom. The van der Waals surface area contributed by atoms with E-state index in [1.807, 2.05) is 0 Å². The van der Waals surface area contributed by atoms with Gasteiger partial charge in [0.1, 0.15) is 0 Å². The van der Waals surface area contributed by atoms with Crippen LogP contribution >= 0.6 is 32.8 Å². The molecule has 0 aromatic carbocycles. The molecule has 7 saturated carbocycles. The van der Waals surface area contributed by atoms with Crippen LogP contribution in [0.1, 0.15) is 277 Å². The molecule has 0 heterocycles. The summed E-state index contributed by atoms with van der Waals surface area (Å²) in [5.74, 6) is 0.594. The maximum atomic E-state index is 12.5. The molecule has 4 unspecified atom stereocenters. The van der Waals surface area contributed by atoms with E-state index in [0.717, 1.165) is 83.5 Å². The Bertz CT molecular complexity index is 1140. The molecule has 7 aliphatic carbocycles. The van der Waals surface area contributed by atoms with Crippen LogP contribution in [0.4, 0.5) is 0 Å². The van der Waals surface area contributed by atoms with E-state index in [1.165, 1.54) is 180 Å². The smallest absolute Gasteiger partial charge is 0.327 e. The standard InChI is InChI=1S/C16H31O2P.C12H23O2P.C10H19O2P.C8H17O2P.C6H11/c17-19(16-13-9-5-2-6-10-14-16)18-15-11-7-3-1-4-8-12-15;13-15(12-9-5-2-6-10-12)14-11-7-3-1-4-8-11;11-13(10-7-3-4-8-10)12-9-5-1-2-6-9;1-3-5-6-8(4-2)7-10-11-9;1-2-4-6-5-3-1/h15-16,19H,1-14H2;11-12,15H,1-10H2;9-10,13H,1-8H2;8H,3-7H2,1-2H3;1H,2-6H2. The van der Waals surface area contributed by atoms with Crippen LogP contribution in [0.15, 0.2) is 0 Å². The van der Waals surface area contributed by atoms with Gasteiger partial charge in [-0.1, -0.05) is 194 Å². The van der Waals surface area contributed by atoms with Crippen molar-refractivity contribution in [3.05, 3.63) is 6.42 Å². The highest BCUT2D eigenvalue weighted by atomic mass is 31.1. The van der Waals surface area contributed by atoms with Gasteiger partial charge < -0.3 is 13.6 Å². The van der Waals surface area contributed by atoms with Crippen molar-refractivity contribution in [2.75, 3.05) is 6.61 Å². The van der Waals surface area contributed by atoms with Crippen LogP contribution in [0.3, 0.4) is 0 Å². The van der Waals surface area contributed by atoms with E-state index in [2.05, 4.69) is 20.3 Å². The molecule has 0 saturated heterocycles. The van der Waals surface area contributed by atoms with Crippen molar-refractivity contribution in [3.63, 3.8) is 0 Å². The third-order valence-corrected chi connectivity index (χ3v) is 20.7. The molecule has 0 aliphatic heterocycles. The van der Waals surface area contributed by atoms with Gasteiger partial charge in [0.25, 0.3) is 0 Å². The van der Waals surface area contributed by atoms with Crippen LogP contribution in [0.2, 0.25) is 0 Å². The van der Waals surface area contributed by atoms with Gasteiger partial charge in [0.05, 0.1) is 24.9 Å². The molecule has 1 radical (unpaired) electrons. The van der Waals surface area contributed by atoms with E-state index in [1.54, 1.807) is 0 Å². The fraction of sp³-hybridized carbons (Fsp3) is 0.981. The second-order valence-corrected chi connectivity index (χ2v) is 26.0. The normalized spacial score (nSPS) is 24.8. The van der Waals surface area contributed by atoms with Gasteiger partial charge in [-0.2, -0.15) is 0 Å². The van der Waals surface area contributed by atoms with Crippen molar-refractivity contribution < 1.29 is 36.4 Å². The quantitative estimate of drug-likeness (QED) is 0.141. The van der Waals surface area contributed by atoms with Crippen molar-refractivity contribution in [3.8, 4) is 0 Å². The lowest BCUT2D eigenvalue weighted by atomic mass is 9.98. The van der Waals surface area contributed by atoms with E-state index in [4.69, 9.17) is 18.1 Å². The lowest BCUT2D eigenvalue weighted by molar-refractivity contribution is 0.161. The Morgan fingerprint density at radius 2 is 0.750 bits per heavy atom. The average Bonchev–Trinajstić information content (AvgIpc) is 4.06. The van der Waals surface area contributed by atoms with Crippen LogP contribution in [-0.2, 0) is 36.4 Å². The zero-order chi connectivity index (χ0) is 45.7. The van der Waals surface area contributed by atoms with Gasteiger partial charge in [0, 0.05) is 17.0 Å². The number of hydrogen-bond acceptors (Lipinski definition) is 8. The molecule has 4 atom stereocenters. The molecule has 7 aliphatic rings. The molecule has 0 aromatic heterocycles. The highest BCUT2D eigenvalue weighted by Crippen LogP contribution is 2.44. The van der Waals surface area contributed by atoms with Crippen molar-refractivity contribution in [2.24, 2.45) is 5.92 Å². The minimum Gasteiger partial charge on any atom is -0.327 e. The first-order chi connectivity index (χ1) is 31.4. The summed E-state index contributed by atoms with van der Waals surface area (Å²) in [6.07, 6.45) is 54.9. The van der Waals surface area contributed by atoms with Gasteiger partial charge >= 0.3 is 8.69 Å². The first kappa shape index (κ1) is 58.9. The Hall–Kier alpha value is 0.630. The molecule has 0 N–H and O–H groups in total. The van der Waals surface area contributed by atoms with Crippen molar-refractivity contribution in [1.29, 1.82) is 0 Å². The SMILES string of the molecule is CCCCC(CC)COP=O.O=[PH](OC1CCCC1)C1CCCC1.O=[PH](OC1CCCCC1)C1CCCCC1.O=[PH](OC1CCCCCCC1)C1CCCCCCC1.[CH]1CCCCC1. The molecule has 12 heteroatoms. The minimum absolute atomic E-state index is 0.181. The molecule has 8 nitrogen and oxygen atoms in total. The van der Waals surface area contributed by atoms with Crippen LogP contribution in [0.25, 0.3) is 0 Å². The summed E-state index contributed by atoms with van der Waals surface area (Å²) in [5.41, 5.74) is 1.21. The Balaban J connectivity index is 0.000000221. The summed E-state index contributed by atoms with van der Waals surface area (Å²) in [6.45, 7) is 4.96. The Morgan fingerprint density at radius 3 is 1.05 bits per heavy atom. The zero-order valence-corrected chi connectivity index (χ0v) is 45.4. The summed E-state index contributed by atoms with van der Waals surface area (Å²) in [6, 6.07) is 0. The first-order valence-corrected chi connectivity index (χ1v) is 32.7. The van der Waals surface area contributed by atoms with E-state index in [0.29, 0.717) is 47.8 Å². The van der Waals surface area contributed by atoms with Crippen molar-refractivity contribution >= 4 is 32.8 Å². The molecule has 64 heavy (non-hydrogen) atoms. The lowest BCUT2D eigenvalue weighted by Gasteiger charge is -2.26. The molecule has 0 spiro atoms. The molecule has 0 bridgehead atoms. The summed E-state index contributed by atoms with van der Waals surface area (Å²) in [7, 11) is -5.43. The minimum atomic E-state index is -1.81. The highest BCUT2D eigenvalue weighted by Gasteiger charge is 2.27. The molecular weight excluding hydrogens is 876 g/mol. The van der Waals surface area contributed by atoms with Crippen molar-refractivity contribution in [1.82, 2.24) is 0 Å². The van der Waals surface area contributed by atoms with Crippen molar-refractivity contribution in [2.45, 2.75) is 312 Å². The highest BCUT2D eigenvalue weighted by molar-refractivity contribution is 7.40. The van der Waals surface area contributed by atoms with Crippen LogP contribution in [0.5, 0.6) is 0 Å². The molecule has 377 valence electrons. The molecule has 0 amide bonds. The van der Waals surface area contributed by atoms with Crippen LogP contribution in [0, 0.1) is 12.3 Å². The summed E-state index contributed by atoms with van der Waals surface area (Å²) >= 11 is 0. The number of hydrogen-bond donors (Lipinski definition) is 0. The van der Waals surface area contributed by atoms with Gasteiger partial charge in [-0.15, -0.1) is 0 Å². The third-order valence-electron chi connectivity index (χ3n) is 15.0. The summed E-state index contributed by atoms with van der Waals surface area (Å²) < 4.78 is 68.5. The summed E-state index contributed by atoms with van der Waals surface area (Å²) in [4.78, 5) is 0. The van der Waals surface area contributed by atoms with E-state index in [-0.39, 0.29) is 8.69 Å². The largest absolute Gasteiger partial charge is 0.327 e. The van der Waals surface area contributed by atoms with Crippen LogP contribution in [-0.4, -0.2) is 41.9 Å². The summed E-state index contributed by atoms with van der Waals surface area (Å²) in [5, 5.41) is 0. The predicted octanol–water partition coefficient (Wildman–Crippen LogP) is 18.8. The topological polar surface area (TPSA) is 105 Å². The fourth-order valence-corrected chi connectivity index (χ4v) is 15.8. The second-order valence-electron chi connectivity index (χ2n) is 20.5. The fourth-order valence-electron chi connectivity index (χ4n) is 10.6. The Labute approximate surface area is 398 Å². The first-order valence-electron chi connectivity index (χ1n) is 27.8. The van der Waals surface area contributed by atoms with E-state index >= 15 is 0 Å². The Kier molecular flexibility index (Phi) is 37.2. The van der Waals surface area contributed by atoms with Crippen LogP contribution < -0.4 is 0 Å². The molecule has 7 fully saturated rings. The monoisotopic (exact) mass is 978 g/mol. The van der Waals surface area contributed by atoms with Gasteiger partial charge in [0.15, 0.2) is 24.1 Å². The molecule has 0 aromatic rings. The van der Waals surface area contributed by atoms with E-state index < -0.39 is 24.1 Å². The maximum absolute atomic E-state index is 12.5. The predicted molar refractivity (Wildman–Crippen MR) is 275 cm³/mol. The number of rotatable bonds is 16. The maximum Gasteiger partial charge on any atom is 0.327 e. The number of unbranched alkanes of at least 4 members (excludes halogenated alkanes) is 1. The van der Waals surface area contributed by atoms with Gasteiger partial charge in [0.2, 0.25) is 0 Å². The third kappa shape index (κ3) is 29.0. The molecule has 7 rings (SSSR count). The molecular formula is C52H101O8P4. The van der Waals surface area contributed by atoms with Gasteiger partial charge in [-0.25, -0.2) is 4.57 Å². The van der Waals surface area contributed by atoms with Gasteiger partial charge in [-0.05, 0) is 95.8 Å².